The van der Waals surface area contributed by atoms with Crippen LogP contribution < -0.4 is 4.74 Å². The molecule has 0 N–H and O–H groups in total. The Morgan fingerprint density at radius 3 is 2.64 bits per heavy atom. The van der Waals surface area contributed by atoms with Crippen molar-refractivity contribution >= 4 is 11.0 Å². The van der Waals surface area contributed by atoms with Gasteiger partial charge in [0.25, 0.3) is 0 Å². The van der Waals surface area contributed by atoms with E-state index in [0.29, 0.717) is 6.61 Å². The number of aromatic nitrogens is 5. The van der Waals surface area contributed by atoms with Crippen molar-refractivity contribution in [3.8, 4) is 16.9 Å². The lowest BCUT2D eigenvalue weighted by molar-refractivity contribution is 0.288. The molecule has 5 aromatic rings. The van der Waals surface area contributed by atoms with E-state index in [9.17, 15) is 0 Å². The van der Waals surface area contributed by atoms with Crippen molar-refractivity contribution in [1.82, 2.24) is 24.3 Å². The molecule has 0 aliphatic heterocycles. The van der Waals surface area contributed by atoms with E-state index in [4.69, 9.17) is 9.72 Å². The third-order valence-electron chi connectivity index (χ3n) is 6.01. The maximum Gasteiger partial charge on any atom is 0.148 e. The van der Waals surface area contributed by atoms with Gasteiger partial charge in [-0.1, -0.05) is 29.8 Å². The molecular formula is C27H27N5O. The highest BCUT2D eigenvalue weighted by atomic mass is 16.5. The van der Waals surface area contributed by atoms with Crippen molar-refractivity contribution in [3.05, 3.63) is 95.3 Å². The summed E-state index contributed by atoms with van der Waals surface area (Å²) in [7, 11) is 1.93. The Morgan fingerprint density at radius 2 is 1.85 bits per heavy atom. The molecule has 0 unspecified atom stereocenters. The fraction of sp³-hybridized carbons (Fsp3) is 0.222. The third-order valence-corrected chi connectivity index (χ3v) is 6.01. The largest absolute Gasteiger partial charge is 0.484 e. The first kappa shape index (κ1) is 20.9. The Bertz CT molecular complexity index is 1450. The first-order valence-electron chi connectivity index (χ1n) is 11.1. The zero-order chi connectivity index (χ0) is 22.9. The molecule has 2 aromatic carbocycles. The van der Waals surface area contributed by atoms with E-state index >= 15 is 0 Å². The number of hydrogen-bond acceptors (Lipinski definition) is 4. The Labute approximate surface area is 193 Å². The topological polar surface area (TPSA) is 57.8 Å². The number of fused-ring (bicyclic) bond motifs is 1. The molecule has 0 atom stereocenters. The van der Waals surface area contributed by atoms with Gasteiger partial charge in [-0.3, -0.25) is 9.67 Å². The first-order chi connectivity index (χ1) is 16.0. The molecule has 33 heavy (non-hydrogen) atoms. The third kappa shape index (κ3) is 4.24. The van der Waals surface area contributed by atoms with Gasteiger partial charge >= 0.3 is 0 Å². The molecule has 5 rings (SSSR count). The van der Waals surface area contributed by atoms with E-state index in [1.807, 2.05) is 43.2 Å². The molecule has 6 nitrogen and oxygen atoms in total. The van der Waals surface area contributed by atoms with Gasteiger partial charge in [0.1, 0.15) is 18.2 Å². The van der Waals surface area contributed by atoms with Crippen LogP contribution in [0.1, 0.15) is 28.2 Å². The Hall–Kier alpha value is -3.93. The summed E-state index contributed by atoms with van der Waals surface area (Å²) in [6.45, 7) is 7.34. The zero-order valence-electron chi connectivity index (χ0n) is 19.4. The van der Waals surface area contributed by atoms with E-state index in [-0.39, 0.29) is 0 Å². The number of aryl methyl sites for hydroxylation is 4. The number of imidazole rings is 1. The van der Waals surface area contributed by atoms with Crippen LogP contribution in [-0.4, -0.2) is 24.3 Å². The summed E-state index contributed by atoms with van der Waals surface area (Å²) in [5, 5.41) is 4.33. The second-order valence-corrected chi connectivity index (χ2v) is 8.53. The summed E-state index contributed by atoms with van der Waals surface area (Å²) >= 11 is 0. The van der Waals surface area contributed by atoms with Crippen molar-refractivity contribution in [2.75, 3.05) is 0 Å². The Balaban J connectivity index is 1.59. The van der Waals surface area contributed by atoms with Crippen LogP contribution in [-0.2, 0) is 20.2 Å². The van der Waals surface area contributed by atoms with Crippen LogP contribution in [0, 0.1) is 20.8 Å². The van der Waals surface area contributed by atoms with Crippen molar-refractivity contribution in [3.63, 3.8) is 0 Å². The average molecular weight is 438 g/mol. The van der Waals surface area contributed by atoms with Gasteiger partial charge in [-0.15, -0.1) is 0 Å². The minimum atomic E-state index is 0.369. The Morgan fingerprint density at radius 1 is 0.970 bits per heavy atom. The van der Waals surface area contributed by atoms with Crippen molar-refractivity contribution in [1.29, 1.82) is 0 Å². The van der Waals surface area contributed by atoms with Gasteiger partial charge in [0, 0.05) is 31.5 Å². The smallest absolute Gasteiger partial charge is 0.148 e. The molecule has 0 spiro atoms. The van der Waals surface area contributed by atoms with Gasteiger partial charge in [-0.25, -0.2) is 4.98 Å². The fourth-order valence-corrected chi connectivity index (χ4v) is 4.11. The van der Waals surface area contributed by atoms with E-state index in [1.54, 1.807) is 6.20 Å². The van der Waals surface area contributed by atoms with E-state index in [0.717, 1.165) is 46.0 Å². The maximum absolute atomic E-state index is 6.14. The quantitative estimate of drug-likeness (QED) is 0.358. The van der Waals surface area contributed by atoms with Crippen molar-refractivity contribution in [2.24, 2.45) is 7.05 Å². The molecule has 3 heterocycles. The first-order valence-corrected chi connectivity index (χ1v) is 11.1. The normalized spacial score (nSPS) is 11.3. The number of hydrogen-bond donors (Lipinski definition) is 0. The minimum Gasteiger partial charge on any atom is -0.484 e. The van der Waals surface area contributed by atoms with E-state index in [2.05, 4.69) is 64.9 Å². The molecule has 0 saturated heterocycles. The zero-order valence-corrected chi connectivity index (χ0v) is 19.4. The summed E-state index contributed by atoms with van der Waals surface area (Å²) in [4.78, 5) is 9.28. The number of rotatable bonds is 6. The van der Waals surface area contributed by atoms with Crippen LogP contribution in [0.15, 0.2) is 67.1 Å². The summed E-state index contributed by atoms with van der Waals surface area (Å²) in [6.07, 6.45) is 5.70. The molecular weight excluding hydrogens is 410 g/mol. The van der Waals surface area contributed by atoms with Crippen LogP contribution in [0.4, 0.5) is 0 Å². The standard InChI is InChI=1S/C27H27N5O/c1-18-7-8-19(2)22(12-18)16-32-25-13-21(23-14-29-31(4)15-23)9-10-24(25)30-27(32)17-33-26-6-5-11-28-20(26)3/h5-15H,16-17H2,1-4H3. The van der Waals surface area contributed by atoms with Crippen LogP contribution >= 0.6 is 0 Å². The lowest BCUT2D eigenvalue weighted by atomic mass is 10.1. The molecule has 6 heteroatoms. The molecule has 0 saturated carbocycles. The average Bonchev–Trinajstić information content (AvgIpc) is 3.39. The molecule has 0 aliphatic rings. The summed E-state index contributed by atoms with van der Waals surface area (Å²) in [5.41, 5.74) is 8.90. The van der Waals surface area contributed by atoms with Gasteiger partial charge in [0.05, 0.1) is 22.9 Å². The number of ether oxygens (including phenoxy) is 1. The Kier molecular flexibility index (Phi) is 5.42. The van der Waals surface area contributed by atoms with Gasteiger partial charge in [0.2, 0.25) is 0 Å². The van der Waals surface area contributed by atoms with Crippen LogP contribution in [0.3, 0.4) is 0 Å². The van der Waals surface area contributed by atoms with E-state index < -0.39 is 0 Å². The lowest BCUT2D eigenvalue weighted by Crippen LogP contribution is -2.10. The maximum atomic E-state index is 6.14. The predicted octanol–water partition coefficient (Wildman–Crippen LogP) is 5.38. The van der Waals surface area contributed by atoms with Crippen LogP contribution in [0.25, 0.3) is 22.2 Å². The van der Waals surface area contributed by atoms with Crippen molar-refractivity contribution < 1.29 is 4.74 Å². The van der Waals surface area contributed by atoms with Crippen molar-refractivity contribution in [2.45, 2.75) is 33.9 Å². The van der Waals surface area contributed by atoms with Crippen LogP contribution in [0.5, 0.6) is 5.75 Å². The van der Waals surface area contributed by atoms with Gasteiger partial charge in [-0.05, 0) is 61.7 Å². The second-order valence-electron chi connectivity index (χ2n) is 8.53. The molecule has 0 amide bonds. The lowest BCUT2D eigenvalue weighted by Gasteiger charge is -2.14. The minimum absolute atomic E-state index is 0.369. The number of nitrogens with zero attached hydrogens (tertiary/aromatic N) is 5. The SMILES string of the molecule is Cc1ccc(C)c(Cn2c(COc3cccnc3C)nc3ccc(-c4cnn(C)c4)cc32)c1. The summed E-state index contributed by atoms with van der Waals surface area (Å²) < 4.78 is 10.2. The monoisotopic (exact) mass is 437 g/mol. The van der Waals surface area contributed by atoms with E-state index in [1.165, 1.54) is 16.7 Å². The second kappa shape index (κ2) is 8.54. The van der Waals surface area contributed by atoms with Gasteiger partial charge in [0.15, 0.2) is 0 Å². The number of benzene rings is 2. The fourth-order valence-electron chi connectivity index (χ4n) is 4.11. The highest BCUT2D eigenvalue weighted by Crippen LogP contribution is 2.27. The van der Waals surface area contributed by atoms with Crippen LogP contribution in [0.2, 0.25) is 0 Å². The molecule has 0 aliphatic carbocycles. The molecule has 0 radical (unpaired) electrons. The summed E-state index contributed by atoms with van der Waals surface area (Å²) in [6, 6.07) is 16.8. The molecule has 0 fully saturated rings. The predicted molar refractivity (Wildman–Crippen MR) is 130 cm³/mol. The highest BCUT2D eigenvalue weighted by molar-refractivity contribution is 5.82. The van der Waals surface area contributed by atoms with Gasteiger partial charge in [-0.2, -0.15) is 5.10 Å². The highest BCUT2D eigenvalue weighted by Gasteiger charge is 2.15. The number of pyridine rings is 1. The molecule has 0 bridgehead atoms. The van der Waals surface area contributed by atoms with Gasteiger partial charge < -0.3 is 9.30 Å². The summed E-state index contributed by atoms with van der Waals surface area (Å²) in [5.74, 6) is 1.66. The molecule has 3 aromatic heterocycles. The molecule has 166 valence electrons.